The molecule has 0 spiro atoms. The second kappa shape index (κ2) is 10.7. The molecule has 31 heavy (non-hydrogen) atoms. The summed E-state index contributed by atoms with van der Waals surface area (Å²) in [5, 5.41) is 25.4. The molecule has 9 nitrogen and oxygen atoms in total. The topological polar surface area (TPSA) is 139 Å². The first kappa shape index (κ1) is 22.5. The number of anilines is 2. The highest BCUT2D eigenvalue weighted by Gasteiger charge is 2.20. The van der Waals surface area contributed by atoms with Gasteiger partial charge in [-0.3, -0.25) is 15.3 Å². The van der Waals surface area contributed by atoms with Crippen molar-refractivity contribution in [1.82, 2.24) is 14.9 Å². The van der Waals surface area contributed by atoms with Gasteiger partial charge in [-0.1, -0.05) is 6.07 Å². The number of rotatable bonds is 9. The number of nitrogen functional groups attached to an aromatic ring is 1. The minimum absolute atomic E-state index is 0.216. The molecule has 1 unspecified atom stereocenters. The van der Waals surface area contributed by atoms with Crippen LogP contribution in [0.2, 0.25) is 0 Å². The third-order valence-electron chi connectivity index (χ3n) is 5.46. The Morgan fingerprint density at radius 1 is 1.26 bits per heavy atom. The molecule has 2 aromatic rings. The van der Waals surface area contributed by atoms with Crippen molar-refractivity contribution < 1.29 is 5.11 Å². The molecule has 0 aliphatic carbocycles. The van der Waals surface area contributed by atoms with Gasteiger partial charge in [-0.2, -0.15) is 0 Å². The third-order valence-corrected chi connectivity index (χ3v) is 5.46. The lowest BCUT2D eigenvalue weighted by Gasteiger charge is -2.35. The van der Waals surface area contributed by atoms with Crippen LogP contribution in [0, 0.1) is 10.8 Å². The number of aromatic nitrogens is 2. The number of aliphatic hydroxyl groups is 1. The normalized spacial score (nSPS) is 15.9. The highest BCUT2D eigenvalue weighted by Crippen LogP contribution is 2.23. The van der Waals surface area contributed by atoms with Gasteiger partial charge >= 0.3 is 0 Å². The van der Waals surface area contributed by atoms with Crippen molar-refractivity contribution in [3.8, 4) is 0 Å². The summed E-state index contributed by atoms with van der Waals surface area (Å²) in [6.45, 7) is 4.62. The molecular formula is C22H30N8O. The zero-order chi connectivity index (χ0) is 22.2. The highest BCUT2D eigenvalue weighted by molar-refractivity contribution is 6.13. The van der Waals surface area contributed by atoms with Gasteiger partial charge in [-0.15, -0.1) is 0 Å². The maximum Gasteiger partial charge on any atom is 0.132 e. The minimum Gasteiger partial charge on any atom is -0.398 e. The van der Waals surface area contributed by atoms with Gasteiger partial charge in [0.15, 0.2) is 0 Å². The van der Waals surface area contributed by atoms with E-state index >= 15 is 0 Å². The summed E-state index contributed by atoms with van der Waals surface area (Å²) in [5.41, 5.74) is 8.82. The van der Waals surface area contributed by atoms with E-state index in [2.05, 4.69) is 24.8 Å². The maximum atomic E-state index is 9.01. The van der Waals surface area contributed by atoms with Gasteiger partial charge in [0.2, 0.25) is 0 Å². The molecule has 1 atom stereocenters. The Balaban J connectivity index is 1.78. The molecule has 1 fully saturated rings. The zero-order valence-electron chi connectivity index (χ0n) is 17.8. The maximum absolute atomic E-state index is 9.01. The predicted molar refractivity (Wildman–Crippen MR) is 125 cm³/mol. The number of aliphatic hydroxyl groups excluding tert-OH is 1. The molecule has 1 aromatic carbocycles. The molecule has 1 aromatic heterocycles. The zero-order valence-corrected chi connectivity index (χ0v) is 17.8. The van der Waals surface area contributed by atoms with Crippen LogP contribution in [-0.2, 0) is 0 Å². The van der Waals surface area contributed by atoms with E-state index in [0.717, 1.165) is 50.5 Å². The Labute approximate surface area is 182 Å². The number of piperazine rings is 1. The predicted octanol–water partition coefficient (Wildman–Crippen LogP) is 1.41. The molecule has 0 radical (unpaired) electrons. The van der Waals surface area contributed by atoms with Crippen LogP contribution in [0.4, 0.5) is 11.5 Å². The van der Waals surface area contributed by atoms with E-state index in [1.165, 1.54) is 12.5 Å². The van der Waals surface area contributed by atoms with E-state index < -0.39 is 0 Å². The summed E-state index contributed by atoms with van der Waals surface area (Å²) in [5.74, 6) is 0.530. The number of nitrogens with one attached hydrogen (secondary N) is 2. The van der Waals surface area contributed by atoms with Crippen LogP contribution in [0.25, 0.3) is 0 Å². The third kappa shape index (κ3) is 5.50. The van der Waals surface area contributed by atoms with E-state index in [0.29, 0.717) is 16.9 Å². The summed E-state index contributed by atoms with van der Waals surface area (Å²) in [7, 11) is 1.67. The molecule has 1 saturated heterocycles. The van der Waals surface area contributed by atoms with Gasteiger partial charge in [0.1, 0.15) is 12.1 Å². The fraction of sp³-hybridized carbons (Fsp3) is 0.409. The van der Waals surface area contributed by atoms with E-state index in [1.807, 2.05) is 18.2 Å². The van der Waals surface area contributed by atoms with Crippen molar-refractivity contribution in [2.24, 2.45) is 4.99 Å². The average molecular weight is 423 g/mol. The van der Waals surface area contributed by atoms with Gasteiger partial charge in [0, 0.05) is 76.1 Å². The lowest BCUT2D eigenvalue weighted by molar-refractivity contribution is 0.215. The van der Waals surface area contributed by atoms with Gasteiger partial charge in [0.25, 0.3) is 0 Å². The van der Waals surface area contributed by atoms with Crippen LogP contribution in [0.5, 0.6) is 0 Å². The summed E-state index contributed by atoms with van der Waals surface area (Å²) in [6, 6.07) is 7.27. The summed E-state index contributed by atoms with van der Waals surface area (Å²) >= 11 is 0. The Hall–Kier alpha value is -3.17. The fourth-order valence-electron chi connectivity index (χ4n) is 3.67. The number of hydrogen-bond donors (Lipinski definition) is 4. The van der Waals surface area contributed by atoms with E-state index in [1.54, 1.807) is 19.3 Å². The second-order valence-electron chi connectivity index (χ2n) is 7.49. The molecule has 5 N–H and O–H groups in total. The Bertz CT molecular complexity index is 937. The van der Waals surface area contributed by atoms with Gasteiger partial charge in [0.05, 0.1) is 17.3 Å². The van der Waals surface area contributed by atoms with Gasteiger partial charge in [-0.05, 0) is 24.1 Å². The van der Waals surface area contributed by atoms with Gasteiger partial charge in [-0.25, -0.2) is 9.97 Å². The SMILES string of the molecule is CN=CC(C=N)c1ccc(N)c(C(=N)c2cc(N3CCN(CCCO)CC3)ncn2)c1. The quantitative estimate of drug-likeness (QED) is 0.356. The molecule has 164 valence electrons. The molecule has 0 bridgehead atoms. The molecule has 9 heteroatoms. The van der Waals surface area contributed by atoms with E-state index in [9.17, 15) is 0 Å². The monoisotopic (exact) mass is 422 g/mol. The molecule has 0 amide bonds. The van der Waals surface area contributed by atoms with E-state index in [-0.39, 0.29) is 18.2 Å². The largest absolute Gasteiger partial charge is 0.398 e. The van der Waals surface area contributed by atoms with Crippen molar-refractivity contribution in [2.45, 2.75) is 12.3 Å². The van der Waals surface area contributed by atoms with Crippen LogP contribution >= 0.6 is 0 Å². The number of nitrogens with zero attached hydrogens (tertiary/aromatic N) is 5. The molecule has 3 rings (SSSR count). The highest BCUT2D eigenvalue weighted by atomic mass is 16.3. The summed E-state index contributed by atoms with van der Waals surface area (Å²) in [4.78, 5) is 17.3. The van der Waals surface area contributed by atoms with Crippen LogP contribution in [-0.4, -0.2) is 84.5 Å². The van der Waals surface area contributed by atoms with Crippen LogP contribution in [0.1, 0.15) is 29.2 Å². The molecule has 1 aliphatic heterocycles. The van der Waals surface area contributed by atoms with Crippen LogP contribution in [0.3, 0.4) is 0 Å². The van der Waals surface area contributed by atoms with Crippen LogP contribution < -0.4 is 10.6 Å². The van der Waals surface area contributed by atoms with Crippen molar-refractivity contribution in [1.29, 1.82) is 10.8 Å². The minimum atomic E-state index is -0.264. The Morgan fingerprint density at radius 2 is 2.03 bits per heavy atom. The number of nitrogens with two attached hydrogens (primary N) is 1. The lowest BCUT2D eigenvalue weighted by Crippen LogP contribution is -2.47. The first-order valence-electron chi connectivity index (χ1n) is 10.4. The summed E-state index contributed by atoms with van der Waals surface area (Å²) in [6.07, 6.45) is 5.28. The standard InChI is InChI=1S/C22H30N8O/c1-26-14-17(13-23)16-3-4-19(24)18(11-16)22(25)20-12-21(28-15-27-20)30-8-6-29(7-9-30)5-2-10-31/h3-4,11-15,17,23,25,31H,2,5-10,24H2,1H3. The Morgan fingerprint density at radius 3 is 2.71 bits per heavy atom. The van der Waals surface area contributed by atoms with Crippen molar-refractivity contribution in [3.05, 3.63) is 47.4 Å². The van der Waals surface area contributed by atoms with Crippen molar-refractivity contribution in [3.63, 3.8) is 0 Å². The fourth-order valence-corrected chi connectivity index (χ4v) is 3.67. The number of aliphatic imine (C=N–C) groups is 1. The average Bonchev–Trinajstić information content (AvgIpc) is 2.81. The lowest BCUT2D eigenvalue weighted by atomic mass is 9.95. The van der Waals surface area contributed by atoms with Crippen LogP contribution in [0.15, 0.2) is 35.6 Å². The first-order valence-corrected chi connectivity index (χ1v) is 10.4. The Kier molecular flexibility index (Phi) is 7.80. The smallest absolute Gasteiger partial charge is 0.132 e. The summed E-state index contributed by atoms with van der Waals surface area (Å²) < 4.78 is 0. The molecule has 1 aliphatic rings. The van der Waals surface area contributed by atoms with Crippen molar-refractivity contribution >= 4 is 29.6 Å². The van der Waals surface area contributed by atoms with Gasteiger partial charge < -0.3 is 21.1 Å². The molecular weight excluding hydrogens is 392 g/mol. The first-order chi connectivity index (χ1) is 15.1. The molecule has 2 heterocycles. The second-order valence-corrected chi connectivity index (χ2v) is 7.49. The van der Waals surface area contributed by atoms with Crippen molar-refractivity contribution in [2.75, 3.05) is 57.0 Å². The number of benzene rings is 1. The van der Waals surface area contributed by atoms with E-state index in [4.69, 9.17) is 21.7 Å². The molecule has 0 saturated carbocycles. The number of hydrogen-bond acceptors (Lipinski definition) is 9.